The van der Waals surface area contributed by atoms with E-state index in [2.05, 4.69) is 0 Å². The summed E-state index contributed by atoms with van der Waals surface area (Å²) < 4.78 is 41.4. The van der Waals surface area contributed by atoms with Gasteiger partial charge in [-0.1, -0.05) is 11.6 Å². The smallest absolute Gasteiger partial charge is 0.255 e. The molecule has 2 rings (SSSR count). The lowest BCUT2D eigenvalue weighted by Crippen LogP contribution is -2.30. The Morgan fingerprint density at radius 1 is 1.52 bits per heavy atom. The lowest BCUT2D eigenvalue weighted by Gasteiger charge is -2.17. The molecule has 0 aromatic heterocycles. The summed E-state index contributed by atoms with van der Waals surface area (Å²) in [4.78, 5) is 13.1. The van der Waals surface area contributed by atoms with Crippen LogP contribution in [0.1, 0.15) is 16.8 Å². The molecule has 1 heterocycles. The average Bonchev–Trinajstić information content (AvgIpc) is 2.85. The predicted molar refractivity (Wildman–Crippen MR) is 74.1 cm³/mol. The van der Waals surface area contributed by atoms with Crippen molar-refractivity contribution in [3.05, 3.63) is 28.5 Å². The van der Waals surface area contributed by atoms with E-state index in [4.69, 9.17) is 21.5 Å². The number of sulfonamides is 1. The van der Waals surface area contributed by atoms with E-state index in [-0.39, 0.29) is 16.7 Å². The van der Waals surface area contributed by atoms with Crippen LogP contribution in [0.2, 0.25) is 5.02 Å². The molecule has 1 amide bonds. The number of hydrogen-bond acceptors (Lipinski definition) is 4. The van der Waals surface area contributed by atoms with Crippen molar-refractivity contribution < 1.29 is 22.3 Å². The van der Waals surface area contributed by atoms with Crippen molar-refractivity contribution in [2.75, 3.05) is 20.2 Å². The van der Waals surface area contributed by atoms with Gasteiger partial charge in [-0.25, -0.2) is 17.9 Å². The Morgan fingerprint density at radius 2 is 2.19 bits per heavy atom. The van der Waals surface area contributed by atoms with Crippen LogP contribution in [0.4, 0.5) is 4.39 Å². The van der Waals surface area contributed by atoms with Gasteiger partial charge in [0.05, 0.1) is 16.7 Å². The number of methoxy groups -OCH3 is 1. The van der Waals surface area contributed by atoms with Crippen molar-refractivity contribution in [1.82, 2.24) is 4.90 Å². The summed E-state index contributed by atoms with van der Waals surface area (Å²) in [5.41, 5.74) is -0.0983. The van der Waals surface area contributed by atoms with Gasteiger partial charge in [0.2, 0.25) is 10.0 Å². The van der Waals surface area contributed by atoms with Gasteiger partial charge in [-0.2, -0.15) is 0 Å². The first kappa shape index (κ1) is 16.2. The highest BCUT2D eigenvalue weighted by atomic mass is 35.5. The number of carbonyl (C=O) groups is 1. The number of halogens is 2. The number of amides is 1. The molecular weight excluding hydrogens is 323 g/mol. The average molecular weight is 337 g/mol. The number of nitrogens with zero attached hydrogens (tertiary/aromatic N) is 1. The van der Waals surface area contributed by atoms with E-state index < -0.39 is 26.6 Å². The number of primary sulfonamides is 1. The molecule has 1 fully saturated rings. The third kappa shape index (κ3) is 3.34. The van der Waals surface area contributed by atoms with Gasteiger partial charge in [0.1, 0.15) is 10.7 Å². The minimum Gasteiger partial charge on any atom is -0.380 e. The van der Waals surface area contributed by atoms with E-state index in [9.17, 15) is 17.6 Å². The molecular formula is C12H14ClFN2O4S. The molecule has 1 atom stereocenters. The van der Waals surface area contributed by atoms with E-state index in [1.807, 2.05) is 0 Å². The Balaban J connectivity index is 2.38. The zero-order valence-electron chi connectivity index (χ0n) is 11.2. The van der Waals surface area contributed by atoms with Crippen molar-refractivity contribution in [2.45, 2.75) is 17.4 Å². The second kappa shape index (κ2) is 5.88. The van der Waals surface area contributed by atoms with Crippen molar-refractivity contribution >= 4 is 27.5 Å². The fourth-order valence-electron chi connectivity index (χ4n) is 2.19. The van der Waals surface area contributed by atoms with Crippen LogP contribution < -0.4 is 5.14 Å². The molecule has 0 bridgehead atoms. The normalized spacial score (nSPS) is 19.0. The minimum absolute atomic E-state index is 0.0779. The maximum Gasteiger partial charge on any atom is 0.255 e. The van der Waals surface area contributed by atoms with Gasteiger partial charge < -0.3 is 9.64 Å². The maximum atomic E-state index is 13.6. The monoisotopic (exact) mass is 336 g/mol. The van der Waals surface area contributed by atoms with Gasteiger partial charge in [0, 0.05) is 20.2 Å². The van der Waals surface area contributed by atoms with Crippen LogP contribution in [-0.4, -0.2) is 45.5 Å². The molecule has 9 heteroatoms. The molecule has 1 unspecified atom stereocenters. The first-order valence-corrected chi connectivity index (χ1v) is 8.00. The summed E-state index contributed by atoms with van der Waals surface area (Å²) in [5, 5.41) is 4.76. The largest absolute Gasteiger partial charge is 0.380 e. The quantitative estimate of drug-likeness (QED) is 0.891. The summed E-state index contributed by atoms with van der Waals surface area (Å²) in [7, 11) is -2.73. The number of benzene rings is 1. The molecule has 1 aliphatic heterocycles. The second-order valence-corrected chi connectivity index (χ2v) is 6.64. The molecule has 1 saturated heterocycles. The molecule has 0 aliphatic carbocycles. The minimum atomic E-state index is -4.27. The maximum absolute atomic E-state index is 13.6. The number of nitrogens with two attached hydrogens (primary N) is 1. The van der Waals surface area contributed by atoms with Gasteiger partial charge in [-0.05, 0) is 18.6 Å². The molecule has 1 aromatic rings. The van der Waals surface area contributed by atoms with Crippen LogP contribution in [0.5, 0.6) is 0 Å². The third-order valence-electron chi connectivity index (χ3n) is 3.32. The molecule has 2 N–H and O–H groups in total. The van der Waals surface area contributed by atoms with Gasteiger partial charge >= 0.3 is 0 Å². The lowest BCUT2D eigenvalue weighted by molar-refractivity contribution is 0.0724. The van der Waals surface area contributed by atoms with E-state index in [0.29, 0.717) is 19.5 Å². The van der Waals surface area contributed by atoms with E-state index in [0.717, 1.165) is 12.1 Å². The predicted octanol–water partition coefficient (Wildman–Crippen LogP) is 0.987. The van der Waals surface area contributed by atoms with E-state index in [1.165, 1.54) is 4.90 Å². The Labute approximate surface area is 126 Å². The van der Waals surface area contributed by atoms with Crippen LogP contribution in [0, 0.1) is 5.82 Å². The zero-order chi connectivity index (χ0) is 15.8. The van der Waals surface area contributed by atoms with Crippen molar-refractivity contribution in [3.63, 3.8) is 0 Å². The Morgan fingerprint density at radius 3 is 2.71 bits per heavy atom. The fourth-order valence-corrected chi connectivity index (χ4v) is 3.03. The van der Waals surface area contributed by atoms with Crippen molar-refractivity contribution in [1.29, 1.82) is 0 Å². The number of ether oxygens (including phenoxy) is 1. The van der Waals surface area contributed by atoms with E-state index in [1.54, 1.807) is 7.11 Å². The van der Waals surface area contributed by atoms with Crippen molar-refractivity contribution in [2.24, 2.45) is 5.14 Å². The molecule has 6 nitrogen and oxygen atoms in total. The van der Waals surface area contributed by atoms with Gasteiger partial charge in [0.25, 0.3) is 5.91 Å². The second-order valence-electron chi connectivity index (χ2n) is 4.71. The summed E-state index contributed by atoms with van der Waals surface area (Å²) in [6, 6.07) is 1.65. The number of hydrogen-bond donors (Lipinski definition) is 1. The fraction of sp³-hybridized carbons (Fsp3) is 0.417. The molecule has 0 radical (unpaired) electrons. The Bertz CT molecular complexity index is 680. The summed E-state index contributed by atoms with van der Waals surface area (Å²) in [6.07, 6.45) is 0.592. The van der Waals surface area contributed by atoms with Gasteiger partial charge in [0.15, 0.2) is 0 Å². The molecule has 116 valence electrons. The summed E-state index contributed by atoms with van der Waals surface area (Å²) in [6.45, 7) is 0.823. The molecule has 21 heavy (non-hydrogen) atoms. The third-order valence-corrected chi connectivity index (χ3v) is 4.56. The van der Waals surface area contributed by atoms with Crippen LogP contribution in [0.15, 0.2) is 17.0 Å². The highest BCUT2D eigenvalue weighted by Gasteiger charge is 2.29. The van der Waals surface area contributed by atoms with Crippen LogP contribution in [0.3, 0.4) is 0 Å². The number of likely N-dealkylation sites (tertiary alicyclic amines) is 1. The van der Waals surface area contributed by atoms with E-state index >= 15 is 0 Å². The Hall–Kier alpha value is -1.22. The topological polar surface area (TPSA) is 89.7 Å². The summed E-state index contributed by atoms with van der Waals surface area (Å²) >= 11 is 5.84. The molecule has 0 saturated carbocycles. The van der Waals surface area contributed by atoms with Crippen LogP contribution in [-0.2, 0) is 14.8 Å². The highest BCUT2D eigenvalue weighted by molar-refractivity contribution is 7.89. The summed E-state index contributed by atoms with van der Waals surface area (Å²) in [5.74, 6) is -1.57. The first-order valence-electron chi connectivity index (χ1n) is 6.08. The molecule has 1 aromatic carbocycles. The molecule has 1 aliphatic rings. The van der Waals surface area contributed by atoms with Crippen molar-refractivity contribution in [3.8, 4) is 0 Å². The Kier molecular flexibility index (Phi) is 4.52. The SMILES string of the molecule is COC1CCN(C(=O)c2cc(S(N)(=O)=O)c(F)cc2Cl)C1. The molecule has 0 spiro atoms. The lowest BCUT2D eigenvalue weighted by atomic mass is 10.2. The van der Waals surface area contributed by atoms with Gasteiger partial charge in [-0.15, -0.1) is 0 Å². The van der Waals surface area contributed by atoms with Gasteiger partial charge in [-0.3, -0.25) is 4.79 Å². The standard InChI is InChI=1S/C12H14ClFN2O4S/c1-20-7-2-3-16(6-7)12(17)8-4-11(21(15,18)19)10(14)5-9(8)13/h4-5,7H,2-3,6H2,1H3,(H2,15,18,19). The first-order chi connectivity index (χ1) is 9.74. The number of rotatable bonds is 3. The number of carbonyl (C=O) groups excluding carboxylic acids is 1. The van der Waals surface area contributed by atoms with Crippen LogP contribution >= 0.6 is 11.6 Å². The zero-order valence-corrected chi connectivity index (χ0v) is 12.7. The van der Waals surface area contributed by atoms with Crippen LogP contribution in [0.25, 0.3) is 0 Å². The highest BCUT2D eigenvalue weighted by Crippen LogP contribution is 2.26.